The highest BCUT2D eigenvalue weighted by atomic mass is 16.5. The molecule has 0 saturated heterocycles. The number of benzene rings is 3. The summed E-state index contributed by atoms with van der Waals surface area (Å²) in [5.41, 5.74) is 2.84. The highest BCUT2D eigenvalue weighted by molar-refractivity contribution is 6.08. The van der Waals surface area contributed by atoms with Crippen LogP contribution in [0.5, 0.6) is 17.2 Å². The number of aromatic hydroxyl groups is 1. The lowest BCUT2D eigenvalue weighted by atomic mass is 9.88. The molecule has 1 aliphatic heterocycles. The van der Waals surface area contributed by atoms with Gasteiger partial charge in [0.05, 0.1) is 44.4 Å². The molecule has 2 heterocycles. The summed E-state index contributed by atoms with van der Waals surface area (Å²) in [7, 11) is 2.85. The third-order valence-corrected chi connectivity index (χ3v) is 6.51. The number of anilines is 1. The summed E-state index contributed by atoms with van der Waals surface area (Å²) < 4.78 is 18.1. The maximum atomic E-state index is 14.1. The maximum Gasteiger partial charge on any atom is 0.321 e. The number of hydrogen-bond acceptors (Lipinski definition) is 7. The van der Waals surface area contributed by atoms with Crippen molar-refractivity contribution in [1.82, 2.24) is 9.55 Å². The van der Waals surface area contributed by atoms with Gasteiger partial charge >= 0.3 is 5.97 Å². The summed E-state index contributed by atoms with van der Waals surface area (Å²) in [6, 6.07) is 19.4. The Balaban J connectivity index is 1.79. The molecule has 1 aliphatic rings. The van der Waals surface area contributed by atoms with Crippen molar-refractivity contribution in [1.29, 1.82) is 0 Å². The summed E-state index contributed by atoms with van der Waals surface area (Å²) in [6.45, 7) is 2.05. The Morgan fingerprint density at radius 3 is 2.30 bits per heavy atom. The van der Waals surface area contributed by atoms with E-state index < -0.39 is 23.8 Å². The summed E-state index contributed by atoms with van der Waals surface area (Å²) in [4.78, 5) is 33.9. The number of hydrogen-bond donors (Lipinski definition) is 1. The predicted molar refractivity (Wildman–Crippen MR) is 137 cm³/mol. The topological polar surface area (TPSA) is 103 Å². The van der Waals surface area contributed by atoms with Gasteiger partial charge in [-0.1, -0.05) is 42.5 Å². The van der Waals surface area contributed by atoms with Crippen LogP contribution < -0.4 is 14.4 Å². The Morgan fingerprint density at radius 1 is 1.00 bits per heavy atom. The average Bonchev–Trinajstić information content (AvgIpc) is 3.30. The van der Waals surface area contributed by atoms with Crippen LogP contribution in [0.25, 0.3) is 11.0 Å². The van der Waals surface area contributed by atoms with Gasteiger partial charge in [-0.3, -0.25) is 14.5 Å². The fraction of sp³-hybridized carbons (Fsp3) is 0.250. The minimum absolute atomic E-state index is 0.119. The first-order valence-corrected chi connectivity index (χ1v) is 11.9. The zero-order valence-electron chi connectivity index (χ0n) is 20.7. The smallest absolute Gasteiger partial charge is 0.321 e. The zero-order chi connectivity index (χ0) is 26.1. The van der Waals surface area contributed by atoms with Gasteiger partial charge in [-0.15, -0.1) is 0 Å². The van der Waals surface area contributed by atoms with Crippen LogP contribution in [0.3, 0.4) is 0 Å². The lowest BCUT2D eigenvalue weighted by Crippen LogP contribution is -2.49. The second-order valence-electron chi connectivity index (χ2n) is 8.63. The van der Waals surface area contributed by atoms with Crippen LogP contribution in [0.15, 0.2) is 66.7 Å². The van der Waals surface area contributed by atoms with Crippen molar-refractivity contribution in [3.63, 3.8) is 0 Å². The molecule has 3 aromatic carbocycles. The number of imidazole rings is 1. The van der Waals surface area contributed by atoms with Crippen molar-refractivity contribution >= 4 is 28.9 Å². The molecule has 0 radical (unpaired) electrons. The Labute approximate surface area is 213 Å². The van der Waals surface area contributed by atoms with E-state index in [4.69, 9.17) is 19.2 Å². The van der Waals surface area contributed by atoms with Gasteiger partial charge in [-0.25, -0.2) is 4.98 Å². The fourth-order valence-electron chi connectivity index (χ4n) is 4.85. The van der Waals surface area contributed by atoms with Crippen molar-refractivity contribution in [2.75, 3.05) is 25.7 Å². The highest BCUT2D eigenvalue weighted by Crippen LogP contribution is 2.46. The molecular formula is C28H27N3O6. The number of para-hydroxylation sites is 2. The first-order chi connectivity index (χ1) is 18.0. The molecule has 1 aromatic heterocycles. The third kappa shape index (κ3) is 4.12. The molecule has 0 fully saturated rings. The van der Waals surface area contributed by atoms with Crippen LogP contribution >= 0.6 is 0 Å². The van der Waals surface area contributed by atoms with Crippen LogP contribution in [0.1, 0.15) is 24.1 Å². The number of aromatic nitrogens is 2. The van der Waals surface area contributed by atoms with Gasteiger partial charge in [0.1, 0.15) is 0 Å². The van der Waals surface area contributed by atoms with E-state index in [0.717, 1.165) is 11.1 Å². The first kappa shape index (κ1) is 24.2. The molecule has 0 saturated carbocycles. The molecule has 190 valence electrons. The second-order valence-corrected chi connectivity index (χ2v) is 8.63. The molecule has 4 aromatic rings. The number of rotatable bonds is 7. The van der Waals surface area contributed by atoms with Crippen LogP contribution in [-0.4, -0.2) is 47.4 Å². The van der Waals surface area contributed by atoms with E-state index in [1.54, 1.807) is 19.1 Å². The monoisotopic (exact) mass is 501 g/mol. The largest absolute Gasteiger partial charge is 0.502 e. The van der Waals surface area contributed by atoms with Crippen molar-refractivity contribution in [2.24, 2.45) is 5.92 Å². The summed E-state index contributed by atoms with van der Waals surface area (Å²) in [5.74, 6) is -1.75. The highest BCUT2D eigenvalue weighted by Gasteiger charge is 2.48. The number of methoxy groups -OCH3 is 2. The number of phenols is 1. The molecule has 0 bridgehead atoms. The van der Waals surface area contributed by atoms with Crippen LogP contribution in [0.4, 0.5) is 5.95 Å². The van der Waals surface area contributed by atoms with Crippen molar-refractivity contribution in [2.45, 2.75) is 19.5 Å². The zero-order valence-corrected chi connectivity index (χ0v) is 20.7. The first-order valence-electron chi connectivity index (χ1n) is 11.9. The number of carbonyl (C=O) groups is 2. The number of phenolic OH excluding ortho intramolecular Hbond substituents is 1. The number of esters is 1. The standard InChI is InChI=1S/C28H27N3O6/c1-4-37-27(34)23-24(18-14-21(35-2)25(32)22(15-18)36-3)31-20-13-9-8-12-19(20)29-28(31)30(26(23)33)16-17-10-6-5-7-11-17/h5-15,23-24,32H,4,16H2,1-3H3/t23-,24-/m0/s1. The fourth-order valence-corrected chi connectivity index (χ4v) is 4.85. The lowest BCUT2D eigenvalue weighted by Gasteiger charge is -2.38. The number of fused-ring (bicyclic) bond motifs is 3. The number of carbonyl (C=O) groups excluding carboxylic acids is 2. The van der Waals surface area contributed by atoms with Crippen LogP contribution in [0.2, 0.25) is 0 Å². The summed E-state index contributed by atoms with van der Waals surface area (Å²) >= 11 is 0. The quantitative estimate of drug-likeness (QED) is 0.301. The van der Waals surface area contributed by atoms with E-state index in [1.165, 1.54) is 19.1 Å². The molecule has 9 heteroatoms. The molecule has 1 amide bonds. The van der Waals surface area contributed by atoms with Crippen LogP contribution in [-0.2, 0) is 20.9 Å². The van der Waals surface area contributed by atoms with E-state index in [0.29, 0.717) is 17.0 Å². The third-order valence-electron chi connectivity index (χ3n) is 6.51. The van der Waals surface area contributed by atoms with Gasteiger partial charge < -0.3 is 23.9 Å². The number of amides is 1. The van der Waals surface area contributed by atoms with Gasteiger partial charge in [0, 0.05) is 0 Å². The normalized spacial score (nSPS) is 16.9. The molecule has 37 heavy (non-hydrogen) atoms. The van der Waals surface area contributed by atoms with E-state index in [-0.39, 0.29) is 30.4 Å². The minimum Gasteiger partial charge on any atom is -0.502 e. The van der Waals surface area contributed by atoms with Gasteiger partial charge in [-0.2, -0.15) is 0 Å². The Bertz CT molecular complexity index is 1440. The molecule has 2 atom stereocenters. The average molecular weight is 502 g/mol. The maximum absolute atomic E-state index is 14.1. The van der Waals surface area contributed by atoms with Gasteiger partial charge in [0.25, 0.3) is 0 Å². The minimum atomic E-state index is -1.22. The SMILES string of the molecule is CCOC(=O)[C@@H]1C(=O)N(Cc2ccccc2)c2nc3ccccc3n2[C@H]1c1cc(OC)c(O)c(OC)c1. The number of ether oxygens (including phenoxy) is 3. The van der Waals surface area contributed by atoms with E-state index in [2.05, 4.69) is 0 Å². The van der Waals surface area contributed by atoms with Gasteiger partial charge in [-0.05, 0) is 42.3 Å². The second kappa shape index (κ2) is 9.85. The predicted octanol–water partition coefficient (Wildman–Crippen LogP) is 4.07. The Kier molecular flexibility index (Phi) is 6.43. The van der Waals surface area contributed by atoms with E-state index in [1.807, 2.05) is 59.2 Å². The van der Waals surface area contributed by atoms with Crippen LogP contribution in [0, 0.1) is 5.92 Å². The molecule has 1 N–H and O–H groups in total. The summed E-state index contributed by atoms with van der Waals surface area (Å²) in [5, 5.41) is 10.5. The Hall–Kier alpha value is -4.53. The molecule has 9 nitrogen and oxygen atoms in total. The summed E-state index contributed by atoms with van der Waals surface area (Å²) in [6.07, 6.45) is 0. The molecule has 0 unspecified atom stereocenters. The van der Waals surface area contributed by atoms with Gasteiger partial charge in [0.2, 0.25) is 17.6 Å². The van der Waals surface area contributed by atoms with Crippen molar-refractivity contribution < 1.29 is 28.9 Å². The molecule has 0 aliphatic carbocycles. The molecular weight excluding hydrogens is 474 g/mol. The van der Waals surface area contributed by atoms with Crippen molar-refractivity contribution in [3.8, 4) is 17.2 Å². The molecule has 0 spiro atoms. The molecule has 5 rings (SSSR count). The Morgan fingerprint density at radius 2 is 1.65 bits per heavy atom. The van der Waals surface area contributed by atoms with E-state index >= 15 is 0 Å². The lowest BCUT2D eigenvalue weighted by molar-refractivity contribution is -0.153. The van der Waals surface area contributed by atoms with Gasteiger partial charge in [0.15, 0.2) is 17.4 Å². The van der Waals surface area contributed by atoms with Crippen molar-refractivity contribution in [3.05, 3.63) is 77.9 Å². The van der Waals surface area contributed by atoms with E-state index in [9.17, 15) is 14.7 Å². The number of nitrogens with zero attached hydrogens (tertiary/aromatic N) is 3.